The summed E-state index contributed by atoms with van der Waals surface area (Å²) in [4.78, 5) is 15.7. The number of likely N-dealkylation sites (tertiary alicyclic amines) is 1. The van der Waals surface area contributed by atoms with E-state index < -0.39 is 5.60 Å². The van der Waals surface area contributed by atoms with Crippen molar-refractivity contribution in [2.24, 2.45) is 0 Å². The molecule has 4 nitrogen and oxygen atoms in total. The summed E-state index contributed by atoms with van der Waals surface area (Å²) in [6.45, 7) is 3.89. The van der Waals surface area contributed by atoms with Crippen molar-refractivity contribution in [3.8, 4) is 0 Å². The molecule has 1 heterocycles. The minimum atomic E-state index is -0.624. The lowest BCUT2D eigenvalue weighted by atomic mass is 9.97. The van der Waals surface area contributed by atoms with Gasteiger partial charge in [-0.05, 0) is 18.6 Å². The van der Waals surface area contributed by atoms with Crippen LogP contribution in [0.1, 0.15) is 12.5 Å². The molecule has 0 aliphatic carbocycles. The smallest absolute Gasteiger partial charge is 0.236 e. The standard InChI is InChI=1S/C14H19BrN2O2/c1-14(19)9-17(10-14)8-13(18)16(2)7-11-5-3-4-6-12(11)15/h3-6,19H,7-10H2,1-2H3. The van der Waals surface area contributed by atoms with Gasteiger partial charge in [-0.2, -0.15) is 0 Å². The number of β-amino-alcohol motifs (C(OH)–C–C–N with tert-alkyl or cyclic N) is 1. The SMILES string of the molecule is CN(Cc1ccccc1Br)C(=O)CN1CC(C)(O)C1. The van der Waals surface area contributed by atoms with Crippen LogP contribution in [-0.4, -0.2) is 53.1 Å². The van der Waals surface area contributed by atoms with Crippen molar-refractivity contribution in [1.82, 2.24) is 9.80 Å². The van der Waals surface area contributed by atoms with E-state index in [0.29, 0.717) is 26.2 Å². The number of likely N-dealkylation sites (N-methyl/N-ethyl adjacent to an activating group) is 1. The third kappa shape index (κ3) is 3.78. The van der Waals surface area contributed by atoms with E-state index in [4.69, 9.17) is 0 Å². The Kier molecular flexibility index (Phi) is 4.28. The highest BCUT2D eigenvalue weighted by Crippen LogP contribution is 2.20. The zero-order valence-corrected chi connectivity index (χ0v) is 12.9. The van der Waals surface area contributed by atoms with Crippen LogP contribution in [0, 0.1) is 0 Å². The molecule has 0 saturated carbocycles. The van der Waals surface area contributed by atoms with E-state index in [2.05, 4.69) is 15.9 Å². The van der Waals surface area contributed by atoms with Crippen molar-refractivity contribution in [3.05, 3.63) is 34.3 Å². The Balaban J connectivity index is 1.85. The zero-order valence-electron chi connectivity index (χ0n) is 11.3. The highest BCUT2D eigenvalue weighted by atomic mass is 79.9. The highest BCUT2D eigenvalue weighted by Gasteiger charge is 2.37. The molecule has 1 aliphatic rings. The van der Waals surface area contributed by atoms with E-state index in [9.17, 15) is 9.90 Å². The van der Waals surface area contributed by atoms with Gasteiger partial charge in [-0.3, -0.25) is 9.69 Å². The molecule has 0 spiro atoms. The third-order valence-electron chi connectivity index (χ3n) is 3.28. The molecule has 0 atom stereocenters. The van der Waals surface area contributed by atoms with Gasteiger partial charge in [-0.15, -0.1) is 0 Å². The molecule has 0 aromatic heterocycles. The van der Waals surface area contributed by atoms with Gasteiger partial charge in [0.25, 0.3) is 0 Å². The predicted octanol–water partition coefficient (Wildman–Crippen LogP) is 1.47. The fraction of sp³-hybridized carbons (Fsp3) is 0.500. The number of rotatable bonds is 4. The number of carbonyl (C=O) groups is 1. The fourth-order valence-electron chi connectivity index (χ4n) is 2.31. The molecule has 19 heavy (non-hydrogen) atoms. The first-order chi connectivity index (χ1) is 8.87. The van der Waals surface area contributed by atoms with Gasteiger partial charge in [0.05, 0.1) is 12.1 Å². The summed E-state index contributed by atoms with van der Waals surface area (Å²) in [5.74, 6) is 0.0752. The lowest BCUT2D eigenvalue weighted by molar-refractivity contribution is -0.139. The van der Waals surface area contributed by atoms with Crippen LogP contribution in [-0.2, 0) is 11.3 Å². The van der Waals surface area contributed by atoms with E-state index >= 15 is 0 Å². The molecule has 1 N–H and O–H groups in total. The first-order valence-corrected chi connectivity index (χ1v) is 7.09. The number of hydrogen-bond acceptors (Lipinski definition) is 3. The minimum Gasteiger partial charge on any atom is -0.388 e. The van der Waals surface area contributed by atoms with Gasteiger partial charge in [0.15, 0.2) is 0 Å². The van der Waals surface area contributed by atoms with Gasteiger partial charge in [0.2, 0.25) is 5.91 Å². The summed E-state index contributed by atoms with van der Waals surface area (Å²) in [6, 6.07) is 7.89. The lowest BCUT2D eigenvalue weighted by Gasteiger charge is -2.44. The van der Waals surface area contributed by atoms with Crippen molar-refractivity contribution in [2.45, 2.75) is 19.1 Å². The van der Waals surface area contributed by atoms with Crippen LogP contribution >= 0.6 is 15.9 Å². The van der Waals surface area contributed by atoms with Gasteiger partial charge in [0, 0.05) is 31.2 Å². The van der Waals surface area contributed by atoms with Crippen LogP contribution in [0.5, 0.6) is 0 Å². The summed E-state index contributed by atoms with van der Waals surface area (Å²) >= 11 is 3.48. The molecular weight excluding hydrogens is 308 g/mol. The second-order valence-corrected chi connectivity index (χ2v) is 6.34. The van der Waals surface area contributed by atoms with E-state index in [1.54, 1.807) is 18.9 Å². The molecule has 1 saturated heterocycles. The van der Waals surface area contributed by atoms with Gasteiger partial charge in [0.1, 0.15) is 0 Å². The fourth-order valence-corrected chi connectivity index (χ4v) is 2.72. The zero-order chi connectivity index (χ0) is 14.0. The number of carbonyl (C=O) groups excluding carboxylic acids is 1. The number of benzene rings is 1. The van der Waals surface area contributed by atoms with Crippen molar-refractivity contribution < 1.29 is 9.90 Å². The molecule has 0 radical (unpaired) electrons. The molecule has 0 bridgehead atoms. The first kappa shape index (κ1) is 14.5. The van der Waals surface area contributed by atoms with Gasteiger partial charge in [-0.1, -0.05) is 34.1 Å². The minimum absolute atomic E-state index is 0.0752. The predicted molar refractivity (Wildman–Crippen MR) is 77.7 cm³/mol. The van der Waals surface area contributed by atoms with Crippen LogP contribution < -0.4 is 0 Å². The van der Waals surface area contributed by atoms with Crippen LogP contribution in [0.25, 0.3) is 0 Å². The average Bonchev–Trinajstić information content (AvgIpc) is 2.29. The van der Waals surface area contributed by atoms with Crippen molar-refractivity contribution in [2.75, 3.05) is 26.7 Å². The number of halogens is 1. The second kappa shape index (κ2) is 5.61. The molecule has 1 aromatic carbocycles. The number of aliphatic hydroxyl groups is 1. The number of amides is 1. The average molecular weight is 327 g/mol. The van der Waals surface area contributed by atoms with Crippen LogP contribution in [0.15, 0.2) is 28.7 Å². The van der Waals surface area contributed by atoms with Crippen molar-refractivity contribution in [1.29, 1.82) is 0 Å². The molecule has 2 rings (SSSR count). The third-order valence-corrected chi connectivity index (χ3v) is 4.05. The highest BCUT2D eigenvalue weighted by molar-refractivity contribution is 9.10. The molecule has 1 fully saturated rings. The van der Waals surface area contributed by atoms with E-state index in [1.165, 1.54) is 0 Å². The monoisotopic (exact) mass is 326 g/mol. The summed E-state index contributed by atoms with van der Waals surface area (Å²) in [7, 11) is 1.81. The van der Waals surface area contributed by atoms with Gasteiger partial charge in [-0.25, -0.2) is 0 Å². The number of hydrogen-bond donors (Lipinski definition) is 1. The van der Waals surface area contributed by atoms with E-state index in [1.807, 2.05) is 29.2 Å². The molecular formula is C14H19BrN2O2. The Bertz CT molecular complexity index is 468. The summed E-state index contributed by atoms with van der Waals surface area (Å²) in [6.07, 6.45) is 0. The van der Waals surface area contributed by atoms with Gasteiger partial charge >= 0.3 is 0 Å². The Morgan fingerprint density at radius 3 is 2.68 bits per heavy atom. The Labute approximate surface area is 122 Å². The van der Waals surface area contributed by atoms with Crippen LogP contribution in [0.2, 0.25) is 0 Å². The maximum Gasteiger partial charge on any atom is 0.236 e. The quantitative estimate of drug-likeness (QED) is 0.911. The topological polar surface area (TPSA) is 43.8 Å². The van der Waals surface area contributed by atoms with Crippen molar-refractivity contribution in [3.63, 3.8) is 0 Å². The maximum absolute atomic E-state index is 12.1. The molecule has 104 valence electrons. The molecule has 0 unspecified atom stereocenters. The summed E-state index contributed by atoms with van der Waals surface area (Å²) < 4.78 is 1.02. The molecule has 1 amide bonds. The Hall–Kier alpha value is -0.910. The lowest BCUT2D eigenvalue weighted by Crippen LogP contribution is -2.61. The summed E-state index contributed by atoms with van der Waals surface area (Å²) in [5.41, 5.74) is 0.468. The number of nitrogens with zero attached hydrogens (tertiary/aromatic N) is 2. The Morgan fingerprint density at radius 2 is 2.11 bits per heavy atom. The molecule has 1 aromatic rings. The Morgan fingerprint density at radius 1 is 1.47 bits per heavy atom. The van der Waals surface area contributed by atoms with Crippen LogP contribution in [0.3, 0.4) is 0 Å². The van der Waals surface area contributed by atoms with Crippen molar-refractivity contribution >= 4 is 21.8 Å². The summed E-state index contributed by atoms with van der Waals surface area (Å²) in [5, 5.41) is 9.63. The maximum atomic E-state index is 12.1. The van der Waals surface area contributed by atoms with E-state index in [0.717, 1.165) is 10.0 Å². The van der Waals surface area contributed by atoms with E-state index in [-0.39, 0.29) is 5.91 Å². The molecule has 5 heteroatoms. The second-order valence-electron chi connectivity index (χ2n) is 5.48. The first-order valence-electron chi connectivity index (χ1n) is 6.29. The normalized spacial score (nSPS) is 17.9. The van der Waals surface area contributed by atoms with Crippen LogP contribution in [0.4, 0.5) is 0 Å². The van der Waals surface area contributed by atoms with Gasteiger partial charge < -0.3 is 10.0 Å². The molecule has 1 aliphatic heterocycles. The largest absolute Gasteiger partial charge is 0.388 e.